The minimum absolute atomic E-state index is 0.727. The Hall–Kier alpha value is -1.54. The van der Waals surface area contributed by atoms with Gasteiger partial charge in [0.25, 0.3) is 0 Å². The summed E-state index contributed by atoms with van der Waals surface area (Å²) in [6.45, 7) is 0. The van der Waals surface area contributed by atoms with E-state index in [0.717, 1.165) is 16.5 Å². The predicted octanol–water partition coefficient (Wildman–Crippen LogP) is 3.50. The number of nitrogens with zero attached hydrogens (tertiary/aromatic N) is 2. The van der Waals surface area contributed by atoms with Gasteiger partial charge in [0.15, 0.2) is 0 Å². The second kappa shape index (κ2) is 4.32. The zero-order chi connectivity index (χ0) is 10.7. The summed E-state index contributed by atoms with van der Waals surface area (Å²) in [4.78, 5) is 6.22. The van der Waals surface area contributed by atoms with Gasteiger partial charge in [-0.1, -0.05) is 29.8 Å². The maximum Gasteiger partial charge on any atom is 0.132 e. The topological polar surface area (TPSA) is 16.1 Å². The van der Waals surface area contributed by atoms with E-state index in [1.807, 2.05) is 54.4 Å². The van der Waals surface area contributed by atoms with Gasteiger partial charge < -0.3 is 4.90 Å². The summed E-state index contributed by atoms with van der Waals surface area (Å²) >= 11 is 6.10. The van der Waals surface area contributed by atoms with Gasteiger partial charge in [-0.15, -0.1) is 0 Å². The molecule has 1 heterocycles. The van der Waals surface area contributed by atoms with Gasteiger partial charge in [-0.3, -0.25) is 0 Å². The first-order valence-corrected chi connectivity index (χ1v) is 5.06. The van der Waals surface area contributed by atoms with E-state index < -0.39 is 0 Å². The number of aromatic nitrogens is 1. The molecule has 0 aliphatic rings. The largest absolute Gasteiger partial charge is 0.328 e. The van der Waals surface area contributed by atoms with Crippen molar-refractivity contribution in [1.82, 2.24) is 4.98 Å². The second-order valence-corrected chi connectivity index (χ2v) is 3.61. The van der Waals surface area contributed by atoms with Crippen LogP contribution in [0.4, 0.5) is 11.5 Å². The maximum absolute atomic E-state index is 6.10. The highest BCUT2D eigenvalue weighted by molar-refractivity contribution is 6.33. The molecule has 1 aromatic heterocycles. The van der Waals surface area contributed by atoms with Crippen LogP contribution in [0.5, 0.6) is 0 Å². The minimum atomic E-state index is 0.727. The summed E-state index contributed by atoms with van der Waals surface area (Å²) in [6.07, 6.45) is 1.77. The smallest absolute Gasteiger partial charge is 0.132 e. The highest BCUT2D eigenvalue weighted by atomic mass is 35.5. The Labute approximate surface area is 94.1 Å². The number of hydrogen-bond donors (Lipinski definition) is 0. The van der Waals surface area contributed by atoms with Gasteiger partial charge in [0.2, 0.25) is 0 Å². The van der Waals surface area contributed by atoms with Crippen molar-refractivity contribution < 1.29 is 0 Å². The zero-order valence-corrected chi connectivity index (χ0v) is 9.15. The van der Waals surface area contributed by atoms with Crippen LogP contribution in [0.1, 0.15) is 0 Å². The lowest BCUT2D eigenvalue weighted by Gasteiger charge is -2.19. The fraction of sp³-hybridized carbons (Fsp3) is 0.0833. The van der Waals surface area contributed by atoms with Crippen molar-refractivity contribution in [3.63, 3.8) is 0 Å². The molecule has 0 bridgehead atoms. The predicted molar refractivity (Wildman–Crippen MR) is 63.8 cm³/mol. The summed E-state index contributed by atoms with van der Waals surface area (Å²) < 4.78 is 0. The molecule has 0 spiro atoms. The lowest BCUT2D eigenvalue weighted by atomic mass is 10.3. The van der Waals surface area contributed by atoms with Gasteiger partial charge in [0.1, 0.15) is 5.82 Å². The number of halogens is 1. The first-order chi connectivity index (χ1) is 7.29. The molecule has 0 atom stereocenters. The monoisotopic (exact) mass is 218 g/mol. The summed E-state index contributed by atoms with van der Waals surface area (Å²) in [7, 11) is 1.95. The molecule has 0 amide bonds. The summed E-state index contributed by atoms with van der Waals surface area (Å²) in [6, 6.07) is 13.5. The van der Waals surface area contributed by atoms with Gasteiger partial charge in [-0.25, -0.2) is 4.98 Å². The highest BCUT2D eigenvalue weighted by Crippen LogP contribution is 2.28. The van der Waals surface area contributed by atoms with Gasteiger partial charge in [0.05, 0.1) is 10.7 Å². The van der Waals surface area contributed by atoms with Crippen LogP contribution in [0, 0.1) is 0 Å². The molecule has 0 aliphatic heterocycles. The molecule has 0 saturated heterocycles. The number of benzene rings is 1. The molecule has 2 rings (SSSR count). The Balaban J connectivity index is 2.37. The lowest BCUT2D eigenvalue weighted by Crippen LogP contribution is -2.11. The Morgan fingerprint density at radius 2 is 1.80 bits per heavy atom. The molecular weight excluding hydrogens is 208 g/mol. The van der Waals surface area contributed by atoms with Crippen LogP contribution in [0.3, 0.4) is 0 Å². The first kappa shape index (κ1) is 9.99. The number of rotatable bonds is 2. The average Bonchev–Trinajstić information content (AvgIpc) is 2.30. The molecule has 2 aromatic rings. The van der Waals surface area contributed by atoms with Gasteiger partial charge in [0, 0.05) is 13.2 Å². The van der Waals surface area contributed by atoms with Crippen molar-refractivity contribution in [3.05, 3.63) is 53.7 Å². The Kier molecular flexibility index (Phi) is 2.88. The number of hydrogen-bond acceptors (Lipinski definition) is 2. The number of pyridine rings is 1. The molecule has 0 unspecified atom stereocenters. The Morgan fingerprint density at radius 3 is 2.47 bits per heavy atom. The molecule has 0 N–H and O–H groups in total. The van der Waals surface area contributed by atoms with Crippen LogP contribution in [0.2, 0.25) is 5.02 Å². The molecule has 2 nitrogen and oxygen atoms in total. The average molecular weight is 219 g/mol. The molecule has 1 aromatic carbocycles. The van der Waals surface area contributed by atoms with Crippen LogP contribution >= 0.6 is 11.6 Å². The molecule has 76 valence electrons. The third-order valence-corrected chi connectivity index (χ3v) is 2.53. The summed E-state index contributed by atoms with van der Waals surface area (Å²) in [5.41, 5.74) is 0.956. The van der Waals surface area contributed by atoms with Gasteiger partial charge in [-0.2, -0.15) is 0 Å². The van der Waals surface area contributed by atoms with Crippen molar-refractivity contribution in [2.24, 2.45) is 0 Å². The normalized spacial score (nSPS) is 10.0. The van der Waals surface area contributed by atoms with Crippen LogP contribution in [0.15, 0.2) is 48.7 Å². The molecule has 15 heavy (non-hydrogen) atoms. The van der Waals surface area contributed by atoms with E-state index in [4.69, 9.17) is 11.6 Å². The maximum atomic E-state index is 6.10. The van der Waals surface area contributed by atoms with E-state index in [2.05, 4.69) is 4.98 Å². The van der Waals surface area contributed by atoms with E-state index in [-0.39, 0.29) is 0 Å². The van der Waals surface area contributed by atoms with Crippen LogP contribution in [-0.4, -0.2) is 12.0 Å². The molecule has 0 fully saturated rings. The summed E-state index contributed by atoms with van der Waals surface area (Å²) in [5.74, 6) is 0.880. The molecule has 0 saturated carbocycles. The van der Waals surface area contributed by atoms with E-state index in [0.29, 0.717) is 0 Å². The lowest BCUT2D eigenvalue weighted by molar-refractivity contribution is 1.13. The fourth-order valence-electron chi connectivity index (χ4n) is 1.40. The van der Waals surface area contributed by atoms with E-state index in [9.17, 15) is 0 Å². The highest BCUT2D eigenvalue weighted by Gasteiger charge is 2.07. The minimum Gasteiger partial charge on any atom is -0.328 e. The summed E-state index contributed by atoms with van der Waals surface area (Å²) in [5, 5.41) is 0.727. The SMILES string of the molecule is CN(c1ccccn1)c1ccccc1Cl. The zero-order valence-electron chi connectivity index (χ0n) is 8.39. The van der Waals surface area contributed by atoms with E-state index in [1.165, 1.54) is 0 Å². The van der Waals surface area contributed by atoms with Crippen molar-refractivity contribution in [3.8, 4) is 0 Å². The van der Waals surface area contributed by atoms with E-state index in [1.54, 1.807) is 6.20 Å². The second-order valence-electron chi connectivity index (χ2n) is 3.20. The van der Waals surface area contributed by atoms with Gasteiger partial charge in [-0.05, 0) is 24.3 Å². The molecule has 0 aliphatic carbocycles. The third kappa shape index (κ3) is 2.10. The Morgan fingerprint density at radius 1 is 1.07 bits per heavy atom. The molecule has 3 heteroatoms. The van der Waals surface area contributed by atoms with Crippen molar-refractivity contribution in [2.45, 2.75) is 0 Å². The third-order valence-electron chi connectivity index (χ3n) is 2.21. The van der Waals surface area contributed by atoms with Crippen molar-refractivity contribution in [1.29, 1.82) is 0 Å². The fourth-order valence-corrected chi connectivity index (χ4v) is 1.66. The quantitative estimate of drug-likeness (QED) is 0.767. The van der Waals surface area contributed by atoms with Crippen LogP contribution < -0.4 is 4.90 Å². The standard InChI is InChI=1S/C12H11ClN2/c1-15(12-8-4-5-9-14-12)11-7-3-2-6-10(11)13/h2-9H,1H3. The van der Waals surface area contributed by atoms with Gasteiger partial charge >= 0.3 is 0 Å². The van der Waals surface area contributed by atoms with Crippen LogP contribution in [-0.2, 0) is 0 Å². The number of anilines is 2. The first-order valence-electron chi connectivity index (χ1n) is 4.68. The molecule has 0 radical (unpaired) electrons. The molecular formula is C12H11ClN2. The van der Waals surface area contributed by atoms with Crippen LogP contribution in [0.25, 0.3) is 0 Å². The van der Waals surface area contributed by atoms with Crippen molar-refractivity contribution >= 4 is 23.1 Å². The van der Waals surface area contributed by atoms with Crippen molar-refractivity contribution in [2.75, 3.05) is 11.9 Å². The Bertz CT molecular complexity index is 442. The number of para-hydroxylation sites is 1. The van der Waals surface area contributed by atoms with E-state index >= 15 is 0 Å².